The lowest BCUT2D eigenvalue weighted by Gasteiger charge is -2.17. The summed E-state index contributed by atoms with van der Waals surface area (Å²) in [6.45, 7) is -0.175. The molecule has 6 nitrogen and oxygen atoms in total. The molecule has 0 fully saturated rings. The minimum absolute atomic E-state index is 0.175. The first-order valence-electron chi connectivity index (χ1n) is 8.51. The molecule has 4 rings (SSSR count). The average Bonchev–Trinajstić information content (AvgIpc) is 2.97. The molecule has 0 saturated carbocycles. The third-order valence-electron chi connectivity index (χ3n) is 4.61. The van der Waals surface area contributed by atoms with Gasteiger partial charge in [0.05, 0.1) is 29.1 Å². The predicted molar refractivity (Wildman–Crippen MR) is 107 cm³/mol. The molecular formula is C21H15ClN2O4. The molecule has 0 bridgehead atoms. The Morgan fingerprint density at radius 1 is 1.11 bits per heavy atom. The number of hydrogen-bond acceptors (Lipinski definition) is 4. The van der Waals surface area contributed by atoms with E-state index in [-0.39, 0.29) is 28.7 Å². The fourth-order valence-corrected chi connectivity index (χ4v) is 3.50. The first-order chi connectivity index (χ1) is 13.5. The number of nitrogens with one attached hydrogen (secondary N) is 1. The highest BCUT2D eigenvalue weighted by Gasteiger charge is 2.30. The summed E-state index contributed by atoms with van der Waals surface area (Å²) < 4.78 is 4.68. The van der Waals surface area contributed by atoms with Gasteiger partial charge < -0.3 is 10.1 Å². The Kier molecular flexibility index (Phi) is 4.49. The monoisotopic (exact) mass is 394 g/mol. The molecule has 0 atom stereocenters. The van der Waals surface area contributed by atoms with Crippen LogP contribution in [0.2, 0.25) is 5.02 Å². The van der Waals surface area contributed by atoms with Crippen LogP contribution in [0, 0.1) is 0 Å². The number of amides is 2. The van der Waals surface area contributed by atoms with Crippen LogP contribution >= 0.6 is 11.6 Å². The van der Waals surface area contributed by atoms with Crippen LogP contribution in [0.25, 0.3) is 10.8 Å². The van der Waals surface area contributed by atoms with Gasteiger partial charge in [-0.3, -0.25) is 14.5 Å². The third kappa shape index (κ3) is 2.97. The number of methoxy groups -OCH3 is 1. The van der Waals surface area contributed by atoms with E-state index >= 15 is 0 Å². The largest absolute Gasteiger partial charge is 0.465 e. The second-order valence-corrected chi connectivity index (χ2v) is 6.71. The lowest BCUT2D eigenvalue weighted by Crippen LogP contribution is -2.35. The summed E-state index contributed by atoms with van der Waals surface area (Å²) in [4.78, 5) is 38.5. The van der Waals surface area contributed by atoms with E-state index in [0.717, 1.165) is 10.8 Å². The summed E-state index contributed by atoms with van der Waals surface area (Å²) in [5.41, 5.74) is 1.81. The minimum atomic E-state index is -0.538. The zero-order chi connectivity index (χ0) is 19.8. The fourth-order valence-electron chi connectivity index (χ4n) is 3.34. The van der Waals surface area contributed by atoms with Crippen molar-refractivity contribution in [1.29, 1.82) is 0 Å². The Bertz CT molecular complexity index is 1140. The predicted octanol–water partition coefficient (Wildman–Crippen LogP) is 3.88. The van der Waals surface area contributed by atoms with Gasteiger partial charge in [0.15, 0.2) is 0 Å². The number of hydrogen-bond donors (Lipinski definition) is 1. The number of esters is 1. The van der Waals surface area contributed by atoms with E-state index in [2.05, 4.69) is 10.1 Å². The van der Waals surface area contributed by atoms with Crippen molar-refractivity contribution >= 4 is 51.5 Å². The molecule has 0 unspecified atom stereocenters. The molecule has 3 aromatic carbocycles. The van der Waals surface area contributed by atoms with E-state index in [1.165, 1.54) is 30.2 Å². The quantitative estimate of drug-likeness (QED) is 0.681. The van der Waals surface area contributed by atoms with Crippen LogP contribution in [0.5, 0.6) is 0 Å². The molecule has 3 aromatic rings. The molecule has 0 aromatic heterocycles. The molecule has 0 spiro atoms. The number of rotatable bonds is 4. The summed E-state index contributed by atoms with van der Waals surface area (Å²) in [5, 5.41) is 4.73. The molecule has 0 radical (unpaired) electrons. The van der Waals surface area contributed by atoms with Crippen LogP contribution in [-0.2, 0) is 9.53 Å². The van der Waals surface area contributed by atoms with Gasteiger partial charge in [-0.25, -0.2) is 4.79 Å². The number of carbonyl (C=O) groups is 3. The Morgan fingerprint density at radius 3 is 2.61 bits per heavy atom. The molecule has 2 amide bonds. The highest BCUT2D eigenvalue weighted by atomic mass is 35.5. The van der Waals surface area contributed by atoms with Crippen molar-refractivity contribution in [3.05, 3.63) is 70.7 Å². The standard InChI is InChI=1S/C21H15ClN2O4/c1-28-21(27)13-8-9-15(22)16(10-13)23-18(25)11-24-17-7-3-5-12-4-2-6-14(19(12)17)20(24)26/h2-10H,11H2,1H3,(H,23,25). The number of nitrogens with zero attached hydrogens (tertiary/aromatic N) is 1. The number of anilines is 2. The maximum Gasteiger partial charge on any atom is 0.337 e. The average molecular weight is 395 g/mol. The summed E-state index contributed by atoms with van der Waals surface area (Å²) in [5.74, 6) is -1.19. The summed E-state index contributed by atoms with van der Waals surface area (Å²) >= 11 is 6.12. The molecule has 7 heteroatoms. The molecule has 1 N–H and O–H groups in total. The number of benzene rings is 3. The van der Waals surface area contributed by atoms with Gasteiger partial charge in [-0.05, 0) is 35.7 Å². The van der Waals surface area contributed by atoms with Crippen molar-refractivity contribution in [3.63, 3.8) is 0 Å². The highest BCUT2D eigenvalue weighted by molar-refractivity contribution is 6.34. The number of halogens is 1. The van der Waals surface area contributed by atoms with Crippen molar-refractivity contribution in [3.8, 4) is 0 Å². The number of ether oxygens (including phenoxy) is 1. The lowest BCUT2D eigenvalue weighted by atomic mass is 10.1. The molecule has 140 valence electrons. The Balaban J connectivity index is 1.58. The van der Waals surface area contributed by atoms with Crippen LogP contribution in [-0.4, -0.2) is 31.4 Å². The van der Waals surface area contributed by atoms with Gasteiger partial charge in [0.2, 0.25) is 5.91 Å². The van der Waals surface area contributed by atoms with Crippen molar-refractivity contribution in [2.24, 2.45) is 0 Å². The van der Waals surface area contributed by atoms with E-state index in [0.29, 0.717) is 11.3 Å². The zero-order valence-electron chi connectivity index (χ0n) is 14.9. The van der Waals surface area contributed by atoms with Crippen LogP contribution in [0.1, 0.15) is 20.7 Å². The van der Waals surface area contributed by atoms with Crippen molar-refractivity contribution in [2.45, 2.75) is 0 Å². The first-order valence-corrected chi connectivity index (χ1v) is 8.88. The lowest BCUT2D eigenvalue weighted by molar-refractivity contribution is -0.114. The number of carbonyl (C=O) groups excluding carboxylic acids is 3. The Hall–Kier alpha value is -3.38. The van der Waals surface area contributed by atoms with Crippen LogP contribution in [0.3, 0.4) is 0 Å². The van der Waals surface area contributed by atoms with Gasteiger partial charge in [-0.15, -0.1) is 0 Å². The third-order valence-corrected chi connectivity index (χ3v) is 4.94. The minimum Gasteiger partial charge on any atom is -0.465 e. The van der Waals surface area contributed by atoms with Gasteiger partial charge in [-0.1, -0.05) is 35.9 Å². The maximum atomic E-state index is 12.8. The summed E-state index contributed by atoms with van der Waals surface area (Å²) in [6, 6.07) is 15.5. The molecular weight excluding hydrogens is 380 g/mol. The Labute approximate surface area is 165 Å². The second-order valence-electron chi connectivity index (χ2n) is 6.31. The normalized spacial score (nSPS) is 12.4. The van der Waals surface area contributed by atoms with Crippen molar-refractivity contribution in [2.75, 3.05) is 23.9 Å². The molecule has 0 saturated heterocycles. The van der Waals surface area contributed by atoms with Gasteiger partial charge >= 0.3 is 5.97 Å². The van der Waals surface area contributed by atoms with Gasteiger partial charge in [0, 0.05) is 10.9 Å². The van der Waals surface area contributed by atoms with Gasteiger partial charge in [0.1, 0.15) is 6.54 Å². The topological polar surface area (TPSA) is 75.7 Å². The van der Waals surface area contributed by atoms with Gasteiger partial charge in [0.25, 0.3) is 5.91 Å². The molecule has 28 heavy (non-hydrogen) atoms. The Morgan fingerprint density at radius 2 is 1.86 bits per heavy atom. The van der Waals surface area contributed by atoms with Crippen LogP contribution in [0.4, 0.5) is 11.4 Å². The molecule has 1 aliphatic heterocycles. The van der Waals surface area contributed by atoms with Crippen LogP contribution in [0.15, 0.2) is 54.6 Å². The zero-order valence-corrected chi connectivity index (χ0v) is 15.6. The maximum absolute atomic E-state index is 12.8. The van der Waals surface area contributed by atoms with E-state index in [1.54, 1.807) is 6.07 Å². The fraction of sp³-hybridized carbons (Fsp3) is 0.0952. The van der Waals surface area contributed by atoms with E-state index in [1.807, 2.05) is 30.3 Å². The first kappa shape index (κ1) is 18.0. The van der Waals surface area contributed by atoms with Crippen LogP contribution < -0.4 is 10.2 Å². The molecule has 1 aliphatic rings. The van der Waals surface area contributed by atoms with Gasteiger partial charge in [-0.2, -0.15) is 0 Å². The molecule has 0 aliphatic carbocycles. The van der Waals surface area contributed by atoms with E-state index in [4.69, 9.17) is 11.6 Å². The van der Waals surface area contributed by atoms with Crippen molar-refractivity contribution in [1.82, 2.24) is 0 Å². The summed E-state index contributed by atoms with van der Waals surface area (Å²) in [6.07, 6.45) is 0. The summed E-state index contributed by atoms with van der Waals surface area (Å²) in [7, 11) is 1.27. The van der Waals surface area contributed by atoms with Crippen molar-refractivity contribution < 1.29 is 19.1 Å². The molecule has 1 heterocycles. The van der Waals surface area contributed by atoms with E-state index in [9.17, 15) is 14.4 Å². The second kappa shape index (κ2) is 6.98. The highest BCUT2D eigenvalue weighted by Crippen LogP contribution is 2.37. The SMILES string of the molecule is COC(=O)c1ccc(Cl)c(NC(=O)CN2C(=O)c3cccc4cccc2c34)c1. The smallest absolute Gasteiger partial charge is 0.337 e. The van der Waals surface area contributed by atoms with E-state index < -0.39 is 11.9 Å².